The Hall–Kier alpha value is -3.77. The monoisotopic (exact) mass is 702 g/mol. The Bertz CT molecular complexity index is 1790. The molecule has 1 aliphatic rings. The van der Waals surface area contributed by atoms with Crippen molar-refractivity contribution in [3.63, 3.8) is 0 Å². The minimum Gasteiger partial charge on any atom is -0.374 e. The molecule has 0 bridgehead atoms. The molecule has 4 nitrogen and oxygen atoms in total. The number of aryl methyl sites for hydroxylation is 2. The number of halogens is 1. The number of hydrogen-bond donors (Lipinski definition) is 0. The van der Waals surface area contributed by atoms with Crippen molar-refractivity contribution in [2.24, 2.45) is 5.92 Å². The van der Waals surface area contributed by atoms with Crippen molar-refractivity contribution >= 4 is 11.6 Å². The predicted molar refractivity (Wildman–Crippen MR) is 207 cm³/mol. The molecule has 5 aromatic carbocycles. The number of hydrogen-bond acceptors (Lipinski definition) is 4. The first-order valence-corrected chi connectivity index (χ1v) is 18.8. The first-order chi connectivity index (χ1) is 24.9. The number of benzene rings is 5. The summed E-state index contributed by atoms with van der Waals surface area (Å²) in [6.07, 6.45) is 1.60. The van der Waals surface area contributed by atoms with E-state index < -0.39 is 5.60 Å². The molecule has 5 heteroatoms. The van der Waals surface area contributed by atoms with Crippen LogP contribution < -0.4 is 0 Å². The average Bonchev–Trinajstić information content (AvgIpc) is 3.16. The highest BCUT2D eigenvalue weighted by molar-refractivity contribution is 6.31. The molecule has 5 aromatic rings. The fourth-order valence-electron chi connectivity index (χ4n) is 7.43. The zero-order valence-electron chi connectivity index (χ0n) is 30.4. The van der Waals surface area contributed by atoms with E-state index in [1.165, 1.54) is 11.1 Å². The molecule has 1 aliphatic heterocycles. The van der Waals surface area contributed by atoms with Crippen molar-refractivity contribution < 1.29 is 18.9 Å². The fraction of sp³-hybridized carbons (Fsp3) is 0.348. The van der Waals surface area contributed by atoms with Crippen LogP contribution in [0.15, 0.2) is 127 Å². The van der Waals surface area contributed by atoms with Gasteiger partial charge in [-0.2, -0.15) is 0 Å². The lowest BCUT2D eigenvalue weighted by Crippen LogP contribution is -2.60. The molecule has 0 aromatic heterocycles. The van der Waals surface area contributed by atoms with Crippen LogP contribution >= 0.6 is 11.6 Å². The summed E-state index contributed by atoms with van der Waals surface area (Å²) < 4.78 is 27.6. The Labute approximate surface area is 309 Å². The Kier molecular flexibility index (Phi) is 12.8. The Balaban J connectivity index is 1.37. The van der Waals surface area contributed by atoms with E-state index in [0.717, 1.165) is 57.7 Å². The zero-order valence-corrected chi connectivity index (χ0v) is 31.2. The molecular formula is C46H51ClO4. The summed E-state index contributed by atoms with van der Waals surface area (Å²) >= 11 is 7.05. The lowest BCUT2D eigenvalue weighted by atomic mass is 9.74. The molecule has 1 fully saturated rings. The molecule has 0 spiro atoms. The molecule has 1 saturated heterocycles. The smallest absolute Gasteiger partial charge is 0.118 e. The van der Waals surface area contributed by atoms with Crippen LogP contribution in [-0.4, -0.2) is 24.9 Å². The highest BCUT2D eigenvalue weighted by atomic mass is 35.5. The Morgan fingerprint density at radius 3 is 1.75 bits per heavy atom. The van der Waals surface area contributed by atoms with E-state index in [0.29, 0.717) is 26.4 Å². The zero-order chi connectivity index (χ0) is 35.6. The minimum atomic E-state index is -0.821. The summed E-state index contributed by atoms with van der Waals surface area (Å²) in [5.74, 6) is -0.0353. The third-order valence-electron chi connectivity index (χ3n) is 10.3. The molecule has 0 saturated carbocycles. The maximum atomic E-state index is 7.37. The van der Waals surface area contributed by atoms with Crippen molar-refractivity contribution in [2.45, 2.75) is 90.7 Å². The van der Waals surface area contributed by atoms with Gasteiger partial charge < -0.3 is 18.9 Å². The van der Waals surface area contributed by atoms with Gasteiger partial charge in [0.1, 0.15) is 11.7 Å². The normalized spacial score (nSPS) is 21.8. The van der Waals surface area contributed by atoms with Crippen molar-refractivity contribution in [3.8, 4) is 0 Å². The van der Waals surface area contributed by atoms with Gasteiger partial charge in [0.15, 0.2) is 0 Å². The second kappa shape index (κ2) is 17.6. The summed E-state index contributed by atoms with van der Waals surface area (Å²) in [4.78, 5) is 0. The molecular weight excluding hydrogens is 652 g/mol. The van der Waals surface area contributed by atoms with Crippen LogP contribution in [-0.2, 0) is 63.6 Å². The first kappa shape index (κ1) is 37.0. The minimum absolute atomic E-state index is 0.0353. The van der Waals surface area contributed by atoms with Crippen LogP contribution in [0, 0.1) is 5.92 Å². The SMILES string of the molecule is CCc1ccc(Cc2cc([C@]3(C)O[C@H](COCc4ccccc4)[C@@H](OCc4ccccc4)[C@H](C)[C@H]3OCc3ccccc3)c(CC)cc2Cl)cc1. The van der Waals surface area contributed by atoms with Crippen molar-refractivity contribution in [3.05, 3.63) is 177 Å². The first-order valence-electron chi connectivity index (χ1n) is 18.4. The molecule has 0 aliphatic carbocycles. The van der Waals surface area contributed by atoms with Crippen molar-refractivity contribution in [1.82, 2.24) is 0 Å². The molecule has 5 atom stereocenters. The molecule has 0 N–H and O–H groups in total. The molecule has 0 amide bonds. The van der Waals surface area contributed by atoms with Crippen LogP contribution in [0.5, 0.6) is 0 Å². The maximum absolute atomic E-state index is 7.37. The summed E-state index contributed by atoms with van der Waals surface area (Å²) in [6, 6.07) is 44.2. The predicted octanol–water partition coefficient (Wildman–Crippen LogP) is 10.7. The largest absolute Gasteiger partial charge is 0.374 e. The van der Waals surface area contributed by atoms with Gasteiger partial charge in [0, 0.05) is 10.9 Å². The van der Waals surface area contributed by atoms with Gasteiger partial charge in [0.25, 0.3) is 0 Å². The van der Waals surface area contributed by atoms with Gasteiger partial charge in [-0.1, -0.05) is 154 Å². The topological polar surface area (TPSA) is 36.9 Å². The van der Waals surface area contributed by atoms with E-state index in [-0.39, 0.29) is 24.2 Å². The van der Waals surface area contributed by atoms with Crippen LogP contribution in [0.2, 0.25) is 5.02 Å². The third kappa shape index (κ3) is 9.18. The van der Waals surface area contributed by atoms with Gasteiger partial charge in [0.2, 0.25) is 0 Å². The van der Waals surface area contributed by atoms with E-state index in [1.54, 1.807) is 0 Å². The van der Waals surface area contributed by atoms with Gasteiger partial charge in [0.05, 0.1) is 38.6 Å². The van der Waals surface area contributed by atoms with Crippen LogP contribution in [0.4, 0.5) is 0 Å². The van der Waals surface area contributed by atoms with E-state index in [1.807, 2.05) is 42.5 Å². The molecule has 0 radical (unpaired) electrons. The Morgan fingerprint density at radius 1 is 0.627 bits per heavy atom. The maximum Gasteiger partial charge on any atom is 0.118 e. The highest BCUT2D eigenvalue weighted by Gasteiger charge is 2.53. The lowest BCUT2D eigenvalue weighted by Gasteiger charge is -2.52. The standard InChI is InChI=1S/C46H51ClO4/c1-5-34-22-24-35(25-23-34)26-40-27-41(39(6-2)28-42(40)47)46(4)45(50-31-38-20-14-9-15-21-38)33(3)44(49-30-37-18-12-8-13-19-37)43(51-46)32-48-29-36-16-10-7-11-17-36/h7-25,27-28,33,43-45H,5-6,26,29-32H2,1-4H3/t33-,43+,44-,45+,46-/m0/s1. The van der Waals surface area contributed by atoms with Crippen molar-refractivity contribution in [1.29, 1.82) is 0 Å². The fourth-order valence-corrected chi connectivity index (χ4v) is 7.69. The number of ether oxygens (including phenoxy) is 4. The van der Waals surface area contributed by atoms with Crippen LogP contribution in [0.1, 0.15) is 72.2 Å². The van der Waals surface area contributed by atoms with Crippen LogP contribution in [0.3, 0.4) is 0 Å². The van der Waals surface area contributed by atoms with E-state index in [9.17, 15) is 0 Å². The van der Waals surface area contributed by atoms with Gasteiger partial charge in [-0.05, 0) is 76.8 Å². The summed E-state index contributed by atoms with van der Waals surface area (Å²) in [6.45, 7) is 10.6. The van der Waals surface area contributed by atoms with Gasteiger partial charge >= 0.3 is 0 Å². The summed E-state index contributed by atoms with van der Waals surface area (Å²) in [7, 11) is 0. The highest BCUT2D eigenvalue weighted by Crippen LogP contribution is 2.46. The third-order valence-corrected chi connectivity index (χ3v) is 10.6. The van der Waals surface area contributed by atoms with E-state index >= 15 is 0 Å². The molecule has 51 heavy (non-hydrogen) atoms. The summed E-state index contributed by atoms with van der Waals surface area (Å²) in [5.41, 5.74) is 8.42. The molecule has 266 valence electrons. The van der Waals surface area contributed by atoms with Crippen LogP contribution in [0.25, 0.3) is 0 Å². The van der Waals surface area contributed by atoms with Crippen molar-refractivity contribution in [2.75, 3.05) is 6.61 Å². The molecule has 6 rings (SSSR count). The second-order valence-corrected chi connectivity index (χ2v) is 14.3. The summed E-state index contributed by atoms with van der Waals surface area (Å²) in [5, 5.41) is 0.774. The molecule has 1 heterocycles. The number of rotatable bonds is 15. The molecule has 0 unspecified atom stereocenters. The lowest BCUT2D eigenvalue weighted by molar-refractivity contribution is -0.282. The van der Waals surface area contributed by atoms with Gasteiger partial charge in [-0.15, -0.1) is 0 Å². The van der Waals surface area contributed by atoms with E-state index in [4.69, 9.17) is 30.5 Å². The Morgan fingerprint density at radius 2 is 1.18 bits per heavy atom. The van der Waals surface area contributed by atoms with Gasteiger partial charge in [-0.3, -0.25) is 0 Å². The van der Waals surface area contributed by atoms with E-state index in [2.05, 4.69) is 113 Å². The average molecular weight is 703 g/mol. The van der Waals surface area contributed by atoms with Gasteiger partial charge in [-0.25, -0.2) is 0 Å². The quantitative estimate of drug-likeness (QED) is 0.109. The second-order valence-electron chi connectivity index (χ2n) is 13.9.